The monoisotopic (exact) mass is 284 g/mol. The Hall–Kier alpha value is -0.650. The summed E-state index contributed by atoms with van der Waals surface area (Å²) in [5.41, 5.74) is 5.50. The van der Waals surface area contributed by atoms with Gasteiger partial charge in [-0.05, 0) is 52.0 Å². The zero-order valence-electron chi connectivity index (χ0n) is 13.4. The molecular formula is C15H32N4O. The second kappa shape index (κ2) is 9.32. The first-order valence-electron chi connectivity index (χ1n) is 8.10. The van der Waals surface area contributed by atoms with Gasteiger partial charge in [-0.15, -0.1) is 0 Å². The standard InChI is InChI=1S/C15H32N4O/c1-4-18(5-2)10-7-11-19(6-3)12-14(15(16)20)17-13-8-9-13/h13-14,17H,4-12H2,1-3H3,(H2,16,20). The van der Waals surface area contributed by atoms with E-state index in [-0.39, 0.29) is 11.9 Å². The van der Waals surface area contributed by atoms with E-state index in [1.807, 2.05) is 0 Å². The fourth-order valence-electron chi connectivity index (χ4n) is 2.45. The van der Waals surface area contributed by atoms with E-state index in [0.29, 0.717) is 6.04 Å². The van der Waals surface area contributed by atoms with Crippen LogP contribution in [0, 0.1) is 0 Å². The number of rotatable bonds is 12. The minimum absolute atomic E-state index is 0.198. The number of primary amides is 1. The molecule has 1 amide bonds. The molecule has 1 saturated carbocycles. The summed E-state index contributed by atoms with van der Waals surface area (Å²) in [4.78, 5) is 16.3. The molecule has 0 saturated heterocycles. The zero-order valence-corrected chi connectivity index (χ0v) is 13.4. The van der Waals surface area contributed by atoms with Crippen molar-refractivity contribution in [1.29, 1.82) is 0 Å². The SMILES string of the molecule is CCN(CC)CCCN(CC)CC(NC1CC1)C(N)=O. The van der Waals surface area contributed by atoms with Crippen molar-refractivity contribution in [2.45, 2.75) is 52.1 Å². The van der Waals surface area contributed by atoms with Gasteiger partial charge in [0.05, 0.1) is 6.04 Å². The van der Waals surface area contributed by atoms with Crippen LogP contribution in [-0.4, -0.2) is 67.1 Å². The van der Waals surface area contributed by atoms with Gasteiger partial charge in [0, 0.05) is 12.6 Å². The lowest BCUT2D eigenvalue weighted by Gasteiger charge is -2.26. The topological polar surface area (TPSA) is 61.6 Å². The quantitative estimate of drug-likeness (QED) is 0.552. The average Bonchev–Trinajstić information content (AvgIpc) is 3.25. The van der Waals surface area contributed by atoms with Gasteiger partial charge in [-0.2, -0.15) is 0 Å². The van der Waals surface area contributed by atoms with Gasteiger partial charge < -0.3 is 20.9 Å². The van der Waals surface area contributed by atoms with Gasteiger partial charge in [-0.1, -0.05) is 20.8 Å². The molecule has 0 radical (unpaired) electrons. The Labute approximate surface area is 123 Å². The van der Waals surface area contributed by atoms with Gasteiger partial charge in [0.25, 0.3) is 0 Å². The van der Waals surface area contributed by atoms with Crippen LogP contribution in [0.2, 0.25) is 0 Å². The maximum absolute atomic E-state index is 11.5. The predicted molar refractivity (Wildman–Crippen MR) is 83.7 cm³/mol. The summed E-state index contributed by atoms with van der Waals surface area (Å²) in [6.45, 7) is 12.6. The zero-order chi connectivity index (χ0) is 15.0. The number of nitrogens with zero attached hydrogens (tertiary/aromatic N) is 2. The molecule has 1 aliphatic rings. The predicted octanol–water partition coefficient (Wildman–Crippen LogP) is 0.646. The molecule has 0 aliphatic heterocycles. The van der Waals surface area contributed by atoms with Gasteiger partial charge in [-0.3, -0.25) is 4.79 Å². The third-order valence-electron chi connectivity index (χ3n) is 4.09. The molecule has 20 heavy (non-hydrogen) atoms. The molecule has 0 heterocycles. The Morgan fingerprint density at radius 2 is 1.70 bits per heavy atom. The van der Waals surface area contributed by atoms with E-state index in [1.165, 1.54) is 12.8 Å². The third-order valence-corrected chi connectivity index (χ3v) is 4.09. The highest BCUT2D eigenvalue weighted by Crippen LogP contribution is 2.19. The van der Waals surface area contributed by atoms with Crippen molar-refractivity contribution in [2.24, 2.45) is 5.73 Å². The molecule has 1 unspecified atom stereocenters. The van der Waals surface area contributed by atoms with Crippen LogP contribution in [0.25, 0.3) is 0 Å². The number of carbonyl (C=O) groups excluding carboxylic acids is 1. The number of hydrogen-bond donors (Lipinski definition) is 2. The molecule has 3 N–H and O–H groups in total. The highest BCUT2D eigenvalue weighted by molar-refractivity contribution is 5.80. The van der Waals surface area contributed by atoms with Crippen LogP contribution in [0.1, 0.15) is 40.0 Å². The second-order valence-electron chi connectivity index (χ2n) is 5.67. The highest BCUT2D eigenvalue weighted by atomic mass is 16.1. The average molecular weight is 284 g/mol. The molecule has 0 aromatic rings. The largest absolute Gasteiger partial charge is 0.368 e. The lowest BCUT2D eigenvalue weighted by atomic mass is 10.2. The summed E-state index contributed by atoms with van der Waals surface area (Å²) in [5, 5.41) is 3.35. The maximum atomic E-state index is 11.5. The van der Waals surface area contributed by atoms with Crippen molar-refractivity contribution >= 4 is 5.91 Å². The van der Waals surface area contributed by atoms with Crippen molar-refractivity contribution < 1.29 is 4.79 Å². The maximum Gasteiger partial charge on any atom is 0.235 e. The van der Waals surface area contributed by atoms with Crippen LogP contribution < -0.4 is 11.1 Å². The van der Waals surface area contributed by atoms with Crippen molar-refractivity contribution in [3.05, 3.63) is 0 Å². The molecule has 1 aliphatic carbocycles. The Morgan fingerprint density at radius 3 is 2.15 bits per heavy atom. The molecule has 0 aromatic heterocycles. The van der Waals surface area contributed by atoms with E-state index < -0.39 is 0 Å². The number of likely N-dealkylation sites (N-methyl/N-ethyl adjacent to an activating group) is 1. The van der Waals surface area contributed by atoms with E-state index in [4.69, 9.17) is 5.73 Å². The molecule has 118 valence electrons. The van der Waals surface area contributed by atoms with E-state index >= 15 is 0 Å². The first-order valence-corrected chi connectivity index (χ1v) is 8.10. The fourth-order valence-corrected chi connectivity index (χ4v) is 2.45. The Morgan fingerprint density at radius 1 is 1.15 bits per heavy atom. The van der Waals surface area contributed by atoms with Crippen molar-refractivity contribution in [3.8, 4) is 0 Å². The van der Waals surface area contributed by atoms with Gasteiger partial charge in [-0.25, -0.2) is 0 Å². The van der Waals surface area contributed by atoms with E-state index in [0.717, 1.165) is 45.7 Å². The number of amides is 1. The van der Waals surface area contributed by atoms with E-state index in [1.54, 1.807) is 0 Å². The van der Waals surface area contributed by atoms with Crippen molar-refractivity contribution in [2.75, 3.05) is 39.3 Å². The molecule has 0 bridgehead atoms. The first-order chi connectivity index (χ1) is 9.60. The molecule has 5 heteroatoms. The Balaban J connectivity index is 2.30. The summed E-state index contributed by atoms with van der Waals surface area (Å²) in [5.74, 6) is -0.223. The second-order valence-corrected chi connectivity index (χ2v) is 5.67. The summed E-state index contributed by atoms with van der Waals surface area (Å²) in [6.07, 6.45) is 3.50. The molecule has 1 atom stereocenters. The smallest absolute Gasteiger partial charge is 0.235 e. The van der Waals surface area contributed by atoms with Gasteiger partial charge >= 0.3 is 0 Å². The number of carbonyl (C=O) groups is 1. The molecule has 0 aromatic carbocycles. The molecule has 0 spiro atoms. The van der Waals surface area contributed by atoms with E-state index in [9.17, 15) is 4.79 Å². The van der Waals surface area contributed by atoms with Crippen LogP contribution in [0.4, 0.5) is 0 Å². The van der Waals surface area contributed by atoms with Crippen LogP contribution >= 0.6 is 0 Å². The Kier molecular flexibility index (Phi) is 8.11. The van der Waals surface area contributed by atoms with Gasteiger partial charge in [0.2, 0.25) is 5.91 Å². The van der Waals surface area contributed by atoms with Crippen LogP contribution in [0.3, 0.4) is 0 Å². The minimum atomic E-state index is -0.223. The van der Waals surface area contributed by atoms with E-state index in [2.05, 4.69) is 35.9 Å². The summed E-state index contributed by atoms with van der Waals surface area (Å²) in [6, 6.07) is 0.317. The van der Waals surface area contributed by atoms with Gasteiger partial charge in [0.15, 0.2) is 0 Å². The van der Waals surface area contributed by atoms with Crippen LogP contribution in [0.5, 0.6) is 0 Å². The minimum Gasteiger partial charge on any atom is -0.368 e. The number of hydrogen-bond acceptors (Lipinski definition) is 4. The summed E-state index contributed by atoms with van der Waals surface area (Å²) < 4.78 is 0. The third kappa shape index (κ3) is 6.68. The first kappa shape index (κ1) is 17.4. The lowest BCUT2D eigenvalue weighted by molar-refractivity contribution is -0.120. The van der Waals surface area contributed by atoms with Crippen LogP contribution in [-0.2, 0) is 4.79 Å². The highest BCUT2D eigenvalue weighted by Gasteiger charge is 2.28. The van der Waals surface area contributed by atoms with Gasteiger partial charge in [0.1, 0.15) is 0 Å². The van der Waals surface area contributed by atoms with Crippen LogP contribution in [0.15, 0.2) is 0 Å². The molecular weight excluding hydrogens is 252 g/mol. The van der Waals surface area contributed by atoms with Crippen molar-refractivity contribution in [3.63, 3.8) is 0 Å². The van der Waals surface area contributed by atoms with Crippen molar-refractivity contribution in [1.82, 2.24) is 15.1 Å². The lowest BCUT2D eigenvalue weighted by Crippen LogP contribution is -2.50. The number of nitrogens with one attached hydrogen (secondary N) is 1. The molecule has 5 nitrogen and oxygen atoms in total. The number of nitrogens with two attached hydrogens (primary N) is 1. The summed E-state index contributed by atoms with van der Waals surface area (Å²) >= 11 is 0. The Bertz CT molecular complexity index is 277. The normalized spacial score (nSPS) is 16.9. The fraction of sp³-hybridized carbons (Fsp3) is 0.933. The molecule has 1 rings (SSSR count). The summed E-state index contributed by atoms with van der Waals surface area (Å²) in [7, 11) is 0. The molecule has 1 fully saturated rings.